The number of hydrogen-bond acceptors (Lipinski definition) is 2. The normalized spacial score (nSPS) is 15.9. The number of nitrogens with one attached hydrogen (secondary N) is 1. The number of amides is 2. The zero-order valence-corrected chi connectivity index (χ0v) is 13.3. The molecule has 4 nitrogen and oxygen atoms in total. The second kappa shape index (κ2) is 7.14. The first-order chi connectivity index (χ1) is 10.0. The fraction of sp³-hybridized carbons (Fsp3) is 0.562. The molecule has 0 aliphatic heterocycles. The first kappa shape index (κ1) is 16.1. The maximum absolute atomic E-state index is 12.5. The Kier molecular flexibility index (Phi) is 5.48. The van der Waals surface area contributed by atoms with E-state index in [4.69, 9.17) is 16.7 Å². The number of rotatable bonds is 6. The number of carbonyl (C=O) groups excluding carboxylic acids is 1. The van der Waals surface area contributed by atoms with Crippen LogP contribution in [0.25, 0.3) is 0 Å². The van der Waals surface area contributed by atoms with Crippen LogP contribution < -0.4 is 5.32 Å². The van der Waals surface area contributed by atoms with Gasteiger partial charge >= 0.3 is 6.03 Å². The Balaban J connectivity index is 2.12. The Labute approximate surface area is 131 Å². The molecule has 1 aliphatic carbocycles. The van der Waals surface area contributed by atoms with Gasteiger partial charge < -0.3 is 15.3 Å². The van der Waals surface area contributed by atoms with Crippen molar-refractivity contribution in [3.05, 3.63) is 34.9 Å². The Morgan fingerprint density at radius 3 is 2.62 bits per heavy atom. The van der Waals surface area contributed by atoms with Gasteiger partial charge in [0.15, 0.2) is 0 Å². The van der Waals surface area contributed by atoms with Crippen molar-refractivity contribution in [1.29, 1.82) is 0 Å². The Morgan fingerprint density at radius 1 is 1.43 bits per heavy atom. The molecule has 0 spiro atoms. The maximum atomic E-state index is 12.5. The minimum absolute atomic E-state index is 0.0115. The van der Waals surface area contributed by atoms with Crippen LogP contribution in [0.4, 0.5) is 4.79 Å². The molecule has 1 aliphatic rings. The van der Waals surface area contributed by atoms with Gasteiger partial charge in [0.1, 0.15) is 0 Å². The highest BCUT2D eigenvalue weighted by atomic mass is 35.5. The molecular weight excluding hydrogens is 288 g/mol. The molecule has 0 aromatic heterocycles. The number of aliphatic hydroxyl groups is 1. The summed E-state index contributed by atoms with van der Waals surface area (Å²) in [6.45, 7) is 4.48. The Morgan fingerprint density at radius 2 is 2.10 bits per heavy atom. The van der Waals surface area contributed by atoms with Crippen LogP contribution >= 0.6 is 11.6 Å². The zero-order chi connectivity index (χ0) is 15.4. The molecule has 0 radical (unpaired) electrons. The van der Waals surface area contributed by atoms with Crippen molar-refractivity contribution in [2.75, 3.05) is 13.2 Å². The third-order valence-electron chi connectivity index (χ3n) is 3.78. The molecule has 1 aromatic rings. The highest BCUT2D eigenvalue weighted by Gasteiger charge is 2.33. The van der Waals surface area contributed by atoms with E-state index in [2.05, 4.69) is 19.2 Å². The molecule has 2 N–H and O–H groups in total. The van der Waals surface area contributed by atoms with Crippen LogP contribution in [-0.4, -0.2) is 35.2 Å². The van der Waals surface area contributed by atoms with Crippen LogP contribution in [0.5, 0.6) is 0 Å². The molecule has 1 saturated carbocycles. The van der Waals surface area contributed by atoms with E-state index in [0.29, 0.717) is 11.6 Å². The molecule has 1 aromatic carbocycles. The number of benzene rings is 1. The van der Waals surface area contributed by atoms with Gasteiger partial charge in [-0.3, -0.25) is 0 Å². The summed E-state index contributed by atoms with van der Waals surface area (Å²) < 4.78 is 0. The molecule has 0 saturated heterocycles. The average molecular weight is 311 g/mol. The topological polar surface area (TPSA) is 52.6 Å². The fourth-order valence-electron chi connectivity index (χ4n) is 2.49. The van der Waals surface area contributed by atoms with Crippen molar-refractivity contribution in [1.82, 2.24) is 10.2 Å². The fourth-order valence-corrected chi connectivity index (χ4v) is 2.74. The van der Waals surface area contributed by atoms with E-state index in [1.165, 1.54) is 0 Å². The lowest BCUT2D eigenvalue weighted by Crippen LogP contribution is -2.45. The molecule has 21 heavy (non-hydrogen) atoms. The van der Waals surface area contributed by atoms with Gasteiger partial charge in [0.2, 0.25) is 0 Å². The van der Waals surface area contributed by atoms with E-state index in [1.54, 1.807) is 4.90 Å². The summed E-state index contributed by atoms with van der Waals surface area (Å²) in [6.07, 6.45) is 2.04. The molecule has 2 rings (SSSR count). The van der Waals surface area contributed by atoms with Crippen LogP contribution in [-0.2, 0) is 0 Å². The van der Waals surface area contributed by atoms with Crippen LogP contribution in [0.15, 0.2) is 24.3 Å². The van der Waals surface area contributed by atoms with Gasteiger partial charge in [-0.2, -0.15) is 0 Å². The van der Waals surface area contributed by atoms with Crippen LogP contribution in [0, 0.1) is 5.92 Å². The maximum Gasteiger partial charge on any atom is 0.318 e. The predicted octanol–water partition coefficient (Wildman–Crippen LogP) is 3.20. The molecule has 0 bridgehead atoms. The first-order valence-corrected chi connectivity index (χ1v) is 7.84. The minimum atomic E-state index is -0.133. The summed E-state index contributed by atoms with van der Waals surface area (Å²) in [5, 5.41) is 12.9. The SMILES string of the molecule is CC(C)C(NC(=O)N(CCO)C1CC1)c1ccccc1Cl. The summed E-state index contributed by atoms with van der Waals surface area (Å²) in [5.74, 6) is 0.226. The smallest absolute Gasteiger partial charge is 0.318 e. The molecule has 1 unspecified atom stereocenters. The van der Waals surface area contributed by atoms with Crippen molar-refractivity contribution in [2.45, 2.75) is 38.8 Å². The van der Waals surface area contributed by atoms with Crippen molar-refractivity contribution in [3.8, 4) is 0 Å². The van der Waals surface area contributed by atoms with Crippen molar-refractivity contribution >= 4 is 17.6 Å². The number of aliphatic hydroxyl groups excluding tert-OH is 1. The standard InChI is InChI=1S/C16H23ClN2O2/c1-11(2)15(13-5-3-4-6-14(13)17)18-16(21)19(9-10-20)12-7-8-12/h3-6,11-12,15,20H,7-10H2,1-2H3,(H,18,21). The van der Waals surface area contributed by atoms with Gasteiger partial charge in [0.25, 0.3) is 0 Å². The van der Waals surface area contributed by atoms with E-state index in [0.717, 1.165) is 18.4 Å². The molecule has 2 amide bonds. The summed E-state index contributed by atoms with van der Waals surface area (Å²) >= 11 is 6.26. The molecule has 5 heteroatoms. The highest BCUT2D eigenvalue weighted by molar-refractivity contribution is 6.31. The largest absolute Gasteiger partial charge is 0.395 e. The summed E-state index contributed by atoms with van der Waals surface area (Å²) in [4.78, 5) is 14.2. The van der Waals surface area contributed by atoms with E-state index in [-0.39, 0.29) is 30.6 Å². The van der Waals surface area contributed by atoms with Gasteiger partial charge in [-0.1, -0.05) is 43.6 Å². The number of hydrogen-bond donors (Lipinski definition) is 2. The van der Waals surface area contributed by atoms with Gasteiger partial charge in [-0.15, -0.1) is 0 Å². The van der Waals surface area contributed by atoms with Crippen LogP contribution in [0.1, 0.15) is 38.3 Å². The van der Waals surface area contributed by atoms with Gasteiger partial charge in [0, 0.05) is 17.6 Å². The molecular formula is C16H23ClN2O2. The number of nitrogens with zero attached hydrogens (tertiary/aromatic N) is 1. The van der Waals surface area contributed by atoms with Gasteiger partial charge in [-0.05, 0) is 30.4 Å². The predicted molar refractivity (Wildman–Crippen MR) is 84.4 cm³/mol. The Hall–Kier alpha value is -1.26. The first-order valence-electron chi connectivity index (χ1n) is 7.47. The average Bonchev–Trinajstić information content (AvgIpc) is 3.27. The van der Waals surface area contributed by atoms with E-state index in [1.807, 2.05) is 24.3 Å². The van der Waals surface area contributed by atoms with Crippen molar-refractivity contribution < 1.29 is 9.90 Å². The number of halogens is 1. The monoisotopic (exact) mass is 310 g/mol. The van der Waals surface area contributed by atoms with E-state index < -0.39 is 0 Å². The third-order valence-corrected chi connectivity index (χ3v) is 4.12. The molecule has 1 fully saturated rings. The molecule has 1 atom stereocenters. The summed E-state index contributed by atoms with van der Waals surface area (Å²) in [5.41, 5.74) is 0.933. The number of urea groups is 1. The zero-order valence-electron chi connectivity index (χ0n) is 12.6. The van der Waals surface area contributed by atoms with Crippen molar-refractivity contribution in [2.24, 2.45) is 5.92 Å². The summed E-state index contributed by atoms with van der Waals surface area (Å²) in [6, 6.07) is 7.61. The minimum Gasteiger partial charge on any atom is -0.395 e. The molecule has 116 valence electrons. The quantitative estimate of drug-likeness (QED) is 0.847. The third kappa shape index (κ3) is 4.11. The van der Waals surface area contributed by atoms with E-state index in [9.17, 15) is 4.79 Å². The van der Waals surface area contributed by atoms with Gasteiger partial charge in [0.05, 0.1) is 12.6 Å². The van der Waals surface area contributed by atoms with E-state index >= 15 is 0 Å². The van der Waals surface area contributed by atoms with Crippen molar-refractivity contribution in [3.63, 3.8) is 0 Å². The molecule has 0 heterocycles. The second-order valence-electron chi connectivity index (χ2n) is 5.84. The number of carbonyl (C=O) groups is 1. The van der Waals surface area contributed by atoms with Crippen LogP contribution in [0.2, 0.25) is 5.02 Å². The Bertz CT molecular complexity index is 489. The lowest BCUT2D eigenvalue weighted by Gasteiger charge is -2.28. The lowest BCUT2D eigenvalue weighted by atomic mass is 9.96. The van der Waals surface area contributed by atoms with Gasteiger partial charge in [-0.25, -0.2) is 4.79 Å². The summed E-state index contributed by atoms with van der Waals surface area (Å²) in [7, 11) is 0. The lowest BCUT2D eigenvalue weighted by molar-refractivity contribution is 0.168. The van der Waals surface area contributed by atoms with Crippen LogP contribution in [0.3, 0.4) is 0 Å². The second-order valence-corrected chi connectivity index (χ2v) is 6.25. The highest BCUT2D eigenvalue weighted by Crippen LogP contribution is 2.30.